The van der Waals surface area contributed by atoms with Gasteiger partial charge >= 0.3 is 0 Å². The Kier molecular flexibility index (Phi) is 3.87. The van der Waals surface area contributed by atoms with E-state index >= 15 is 0 Å². The maximum atomic E-state index is 12.8. The zero-order valence-corrected chi connectivity index (χ0v) is 14.8. The van der Waals surface area contributed by atoms with Crippen LogP contribution in [0.5, 0.6) is 0 Å². The molecule has 8 nitrogen and oxygen atoms in total. The molecule has 26 heavy (non-hydrogen) atoms. The van der Waals surface area contributed by atoms with Crippen molar-refractivity contribution in [1.82, 2.24) is 34.9 Å². The Morgan fingerprint density at radius 1 is 1.19 bits per heavy atom. The number of carbonyl (C=O) groups excluding carboxylic acids is 1. The number of benzene rings is 1. The first kappa shape index (κ1) is 16.2. The highest BCUT2D eigenvalue weighted by molar-refractivity contribution is 5.95. The van der Waals surface area contributed by atoms with Crippen LogP contribution in [-0.4, -0.2) is 35.5 Å². The van der Waals surface area contributed by atoms with Crippen LogP contribution in [0.2, 0.25) is 0 Å². The molecule has 132 valence electrons. The number of hydrogen-bond acceptors (Lipinski definition) is 5. The molecule has 0 radical (unpaired) electrons. The zero-order chi connectivity index (χ0) is 18.3. The number of imidazole rings is 1. The second kappa shape index (κ2) is 6.21. The summed E-state index contributed by atoms with van der Waals surface area (Å²) in [7, 11) is 1.97. The molecule has 0 spiro atoms. The van der Waals surface area contributed by atoms with E-state index in [1.54, 1.807) is 18.3 Å². The van der Waals surface area contributed by atoms with Crippen molar-refractivity contribution in [2.45, 2.75) is 19.9 Å². The van der Waals surface area contributed by atoms with Crippen molar-refractivity contribution in [2.24, 2.45) is 13.0 Å². The molecule has 1 amide bonds. The first-order chi connectivity index (χ1) is 12.5. The monoisotopic (exact) mass is 349 g/mol. The average Bonchev–Trinajstić information content (AvgIpc) is 3.23. The van der Waals surface area contributed by atoms with Crippen LogP contribution in [0.3, 0.4) is 0 Å². The second-order valence-electron chi connectivity index (χ2n) is 6.61. The van der Waals surface area contributed by atoms with Crippen LogP contribution < -0.4 is 5.32 Å². The molecule has 4 aromatic rings. The van der Waals surface area contributed by atoms with Gasteiger partial charge in [0.25, 0.3) is 5.91 Å². The first-order valence-electron chi connectivity index (χ1n) is 8.44. The molecule has 0 aliphatic rings. The molecule has 3 heterocycles. The van der Waals surface area contributed by atoms with E-state index in [1.807, 2.05) is 35.9 Å². The van der Waals surface area contributed by atoms with E-state index < -0.39 is 0 Å². The van der Waals surface area contributed by atoms with Gasteiger partial charge in [-0.05, 0) is 40.6 Å². The summed E-state index contributed by atoms with van der Waals surface area (Å²) >= 11 is 0. The van der Waals surface area contributed by atoms with Gasteiger partial charge in [0.05, 0.1) is 17.1 Å². The minimum Gasteiger partial charge on any atom is -0.342 e. The molecule has 0 saturated carbocycles. The Balaban J connectivity index is 1.67. The number of amides is 1. The minimum atomic E-state index is -0.216. The van der Waals surface area contributed by atoms with Crippen LogP contribution in [0.25, 0.3) is 16.7 Å². The normalized spacial score (nSPS) is 12.8. The summed E-state index contributed by atoms with van der Waals surface area (Å²) in [4.78, 5) is 17.5. The van der Waals surface area contributed by atoms with E-state index in [4.69, 9.17) is 4.98 Å². The highest BCUT2D eigenvalue weighted by atomic mass is 16.1. The van der Waals surface area contributed by atoms with Gasteiger partial charge in [-0.3, -0.25) is 4.79 Å². The maximum absolute atomic E-state index is 12.8. The molecule has 1 aromatic carbocycles. The Hall–Kier alpha value is -3.29. The lowest BCUT2D eigenvalue weighted by molar-refractivity contribution is 0.0922. The van der Waals surface area contributed by atoms with Gasteiger partial charge in [0, 0.05) is 18.8 Å². The molecule has 1 N–H and O–H groups in total. The minimum absolute atomic E-state index is 0.174. The third-order valence-electron chi connectivity index (χ3n) is 4.51. The van der Waals surface area contributed by atoms with Crippen molar-refractivity contribution < 1.29 is 4.79 Å². The molecule has 0 fully saturated rings. The van der Waals surface area contributed by atoms with E-state index in [1.165, 1.54) is 4.52 Å². The summed E-state index contributed by atoms with van der Waals surface area (Å²) in [5, 5.41) is 14.4. The Labute approximate surface area is 149 Å². The third-order valence-corrected chi connectivity index (χ3v) is 4.51. The van der Waals surface area contributed by atoms with Gasteiger partial charge in [0.2, 0.25) is 0 Å². The van der Waals surface area contributed by atoms with Crippen molar-refractivity contribution in [3.63, 3.8) is 0 Å². The van der Waals surface area contributed by atoms with Gasteiger partial charge in [0.1, 0.15) is 5.82 Å². The van der Waals surface area contributed by atoms with Crippen molar-refractivity contribution in [1.29, 1.82) is 0 Å². The number of para-hydroxylation sites is 2. The van der Waals surface area contributed by atoms with E-state index in [2.05, 4.69) is 34.7 Å². The van der Waals surface area contributed by atoms with Crippen molar-refractivity contribution in [2.75, 3.05) is 0 Å². The molecule has 3 aromatic heterocycles. The smallest absolute Gasteiger partial charge is 0.252 e. The summed E-state index contributed by atoms with van der Waals surface area (Å²) < 4.78 is 3.55. The summed E-state index contributed by atoms with van der Waals surface area (Å²) in [6, 6.07) is 11.1. The van der Waals surface area contributed by atoms with Crippen LogP contribution in [-0.2, 0) is 7.05 Å². The molecule has 1 atom stereocenters. The van der Waals surface area contributed by atoms with Crippen molar-refractivity contribution in [3.05, 3.63) is 54.0 Å². The van der Waals surface area contributed by atoms with Gasteiger partial charge in [-0.2, -0.15) is 0 Å². The standard InChI is InChI=1S/C18H19N7O/c1-11(2)16(17-19-13-6-4-5-7-14(13)24(17)3)20-18(26)12-8-9-25-15(10-12)21-22-23-25/h4-11,16H,1-3H3,(H,20,26)/t16-/m0/s1. The number of nitrogens with zero attached hydrogens (tertiary/aromatic N) is 6. The van der Waals surface area contributed by atoms with Gasteiger partial charge in [-0.15, -0.1) is 5.10 Å². The molecule has 4 rings (SSSR count). The fourth-order valence-corrected chi connectivity index (χ4v) is 3.08. The van der Waals surface area contributed by atoms with E-state index in [9.17, 15) is 4.79 Å². The summed E-state index contributed by atoms with van der Waals surface area (Å²) in [5.41, 5.74) is 3.00. The first-order valence-corrected chi connectivity index (χ1v) is 8.44. The van der Waals surface area contributed by atoms with E-state index in [-0.39, 0.29) is 17.9 Å². The fourth-order valence-electron chi connectivity index (χ4n) is 3.08. The van der Waals surface area contributed by atoms with Crippen molar-refractivity contribution >= 4 is 22.6 Å². The Morgan fingerprint density at radius 3 is 2.77 bits per heavy atom. The number of aryl methyl sites for hydroxylation is 1. The molecule has 0 aliphatic carbocycles. The summed E-state index contributed by atoms with van der Waals surface area (Å²) in [5.74, 6) is 0.828. The SMILES string of the molecule is CC(C)[C@H](NC(=O)c1ccn2nnnc2c1)c1nc2ccccc2n1C. The van der Waals surface area contributed by atoms with Gasteiger partial charge in [-0.25, -0.2) is 9.50 Å². The molecule has 0 aliphatic heterocycles. The van der Waals surface area contributed by atoms with Gasteiger partial charge < -0.3 is 9.88 Å². The van der Waals surface area contributed by atoms with Crippen molar-refractivity contribution in [3.8, 4) is 0 Å². The second-order valence-corrected chi connectivity index (χ2v) is 6.61. The predicted octanol–water partition coefficient (Wildman–Crippen LogP) is 2.14. The van der Waals surface area contributed by atoms with Crippen LogP contribution in [0.4, 0.5) is 0 Å². The Bertz CT molecular complexity index is 1100. The molecule has 0 saturated heterocycles. The fraction of sp³-hybridized carbons (Fsp3) is 0.278. The maximum Gasteiger partial charge on any atom is 0.252 e. The zero-order valence-electron chi connectivity index (χ0n) is 14.8. The summed E-state index contributed by atoms with van der Waals surface area (Å²) in [6.45, 7) is 4.13. The topological polar surface area (TPSA) is 90.0 Å². The highest BCUT2D eigenvalue weighted by Gasteiger charge is 2.24. The number of aromatic nitrogens is 6. The molecule has 0 unspecified atom stereocenters. The number of pyridine rings is 1. The third kappa shape index (κ3) is 2.69. The number of carbonyl (C=O) groups is 1. The highest BCUT2D eigenvalue weighted by Crippen LogP contribution is 2.25. The number of nitrogens with one attached hydrogen (secondary N) is 1. The van der Waals surface area contributed by atoms with Gasteiger partial charge in [0.15, 0.2) is 5.65 Å². The molecule has 0 bridgehead atoms. The summed E-state index contributed by atoms with van der Waals surface area (Å²) in [6.07, 6.45) is 1.67. The van der Waals surface area contributed by atoms with Crippen LogP contribution >= 0.6 is 0 Å². The van der Waals surface area contributed by atoms with Gasteiger partial charge in [-0.1, -0.05) is 26.0 Å². The average molecular weight is 349 g/mol. The number of fused-ring (bicyclic) bond motifs is 2. The lowest BCUT2D eigenvalue weighted by Gasteiger charge is -2.22. The quantitative estimate of drug-likeness (QED) is 0.610. The number of rotatable bonds is 4. The van der Waals surface area contributed by atoms with Crippen LogP contribution in [0, 0.1) is 5.92 Å². The lowest BCUT2D eigenvalue weighted by atomic mass is 10.0. The van der Waals surface area contributed by atoms with E-state index in [0.717, 1.165) is 16.9 Å². The lowest BCUT2D eigenvalue weighted by Crippen LogP contribution is -2.33. The molecular weight excluding hydrogens is 330 g/mol. The largest absolute Gasteiger partial charge is 0.342 e. The molecular formula is C18H19N7O. The van der Waals surface area contributed by atoms with Crippen LogP contribution in [0.15, 0.2) is 42.6 Å². The van der Waals surface area contributed by atoms with Crippen LogP contribution in [0.1, 0.15) is 36.1 Å². The number of tetrazole rings is 1. The predicted molar refractivity (Wildman–Crippen MR) is 96.5 cm³/mol. The Morgan fingerprint density at radius 2 is 2.00 bits per heavy atom. The molecule has 8 heteroatoms. The number of hydrogen-bond donors (Lipinski definition) is 1. The van der Waals surface area contributed by atoms with E-state index in [0.29, 0.717) is 11.2 Å².